The van der Waals surface area contributed by atoms with Gasteiger partial charge in [0.15, 0.2) is 0 Å². The lowest BCUT2D eigenvalue weighted by atomic mass is 10.4. The van der Waals surface area contributed by atoms with E-state index in [1.807, 2.05) is 0 Å². The topological polar surface area (TPSA) is 116 Å². The molecule has 0 atom stereocenters. The molecule has 0 aromatic carbocycles. The third kappa shape index (κ3) is 2.32. The number of aromatic nitrogens is 4. The highest BCUT2D eigenvalue weighted by molar-refractivity contribution is 7.10. The molecule has 0 aliphatic rings. The van der Waals surface area contributed by atoms with Crippen LogP contribution in [0.2, 0.25) is 0 Å². The molecule has 9 nitrogen and oxygen atoms in total. The largest absolute Gasteiger partial charge is 0.377 e. The molecule has 2 aromatic heterocycles. The smallest absolute Gasteiger partial charge is 0.348 e. The van der Waals surface area contributed by atoms with Crippen LogP contribution >= 0.6 is 11.5 Å². The fourth-order valence-corrected chi connectivity index (χ4v) is 1.84. The molecule has 0 amide bonds. The van der Waals surface area contributed by atoms with Gasteiger partial charge in [0.1, 0.15) is 16.9 Å². The molecule has 0 saturated carbocycles. The van der Waals surface area contributed by atoms with Gasteiger partial charge in [-0.1, -0.05) is 4.49 Å². The van der Waals surface area contributed by atoms with E-state index in [-0.39, 0.29) is 12.2 Å². The standard InChI is InChI=1S/C8H8N6O3S/c1-9-7-6(11-12-18-7)4-13-3-5(14(16)17)2-10-8(13)15/h2-3,9H,4H2,1H3. The van der Waals surface area contributed by atoms with Crippen LogP contribution in [-0.2, 0) is 6.54 Å². The van der Waals surface area contributed by atoms with Gasteiger partial charge in [-0.25, -0.2) is 4.79 Å². The maximum atomic E-state index is 11.5. The molecule has 1 N–H and O–H groups in total. The molecule has 2 aromatic rings. The van der Waals surface area contributed by atoms with Crippen LogP contribution < -0.4 is 11.0 Å². The van der Waals surface area contributed by atoms with Crippen LogP contribution in [0.5, 0.6) is 0 Å². The summed E-state index contributed by atoms with van der Waals surface area (Å²) in [7, 11) is 1.70. The third-order valence-corrected chi connectivity index (χ3v) is 2.94. The van der Waals surface area contributed by atoms with Gasteiger partial charge in [0, 0.05) is 18.6 Å². The molecule has 0 radical (unpaired) electrons. The van der Waals surface area contributed by atoms with Crippen LogP contribution in [0.3, 0.4) is 0 Å². The first kappa shape index (κ1) is 12.1. The SMILES string of the molecule is CNc1snnc1Cn1cc([N+](=O)[O-])cnc1=O. The van der Waals surface area contributed by atoms with Gasteiger partial charge in [0.25, 0.3) is 0 Å². The Morgan fingerprint density at radius 3 is 3.06 bits per heavy atom. The molecule has 0 aliphatic carbocycles. The van der Waals surface area contributed by atoms with Crippen molar-refractivity contribution in [2.75, 3.05) is 12.4 Å². The lowest BCUT2D eigenvalue weighted by Crippen LogP contribution is -2.23. The molecule has 0 unspecified atom stereocenters. The zero-order chi connectivity index (χ0) is 13.1. The second-order valence-electron chi connectivity index (χ2n) is 3.28. The highest BCUT2D eigenvalue weighted by Crippen LogP contribution is 2.17. The number of nitrogens with one attached hydrogen (secondary N) is 1. The van der Waals surface area contributed by atoms with Crippen LogP contribution in [0.1, 0.15) is 5.69 Å². The Hall–Kier alpha value is -2.36. The predicted octanol–water partition coefficient (Wildman–Crippen LogP) is 0.0930. The molecule has 0 aliphatic heterocycles. The summed E-state index contributed by atoms with van der Waals surface area (Å²) in [5.41, 5.74) is -0.286. The van der Waals surface area contributed by atoms with Gasteiger partial charge in [0.05, 0.1) is 17.7 Å². The summed E-state index contributed by atoms with van der Waals surface area (Å²) in [6, 6.07) is 0. The van der Waals surface area contributed by atoms with Gasteiger partial charge < -0.3 is 5.32 Å². The second-order valence-corrected chi connectivity index (χ2v) is 4.03. The molecule has 0 saturated heterocycles. The van der Waals surface area contributed by atoms with Crippen LogP contribution in [0.15, 0.2) is 17.2 Å². The van der Waals surface area contributed by atoms with Gasteiger partial charge in [0.2, 0.25) is 0 Å². The Kier molecular flexibility index (Phi) is 3.28. The zero-order valence-electron chi connectivity index (χ0n) is 9.23. The molecule has 2 rings (SSSR count). The van der Waals surface area contributed by atoms with Crippen molar-refractivity contribution >= 4 is 22.2 Å². The van der Waals surface area contributed by atoms with Crippen molar-refractivity contribution in [3.05, 3.63) is 38.7 Å². The van der Waals surface area contributed by atoms with Crippen LogP contribution in [-0.4, -0.2) is 31.1 Å². The molecule has 94 valence electrons. The van der Waals surface area contributed by atoms with Gasteiger partial charge in [-0.3, -0.25) is 14.7 Å². The van der Waals surface area contributed by atoms with Crippen LogP contribution in [0.4, 0.5) is 10.7 Å². The summed E-state index contributed by atoms with van der Waals surface area (Å²) in [5, 5.41) is 18.0. The maximum Gasteiger partial charge on any atom is 0.348 e. The number of anilines is 1. The van der Waals surface area contributed by atoms with Crippen LogP contribution in [0, 0.1) is 10.1 Å². The molecule has 0 spiro atoms. The molecule has 18 heavy (non-hydrogen) atoms. The minimum absolute atomic E-state index is 0.0835. The number of nitro groups is 1. The molecule has 10 heteroatoms. The highest BCUT2D eigenvalue weighted by atomic mass is 32.1. The molecule has 0 bridgehead atoms. The highest BCUT2D eigenvalue weighted by Gasteiger charge is 2.12. The minimum Gasteiger partial charge on any atom is -0.377 e. The second kappa shape index (κ2) is 4.87. The fraction of sp³-hybridized carbons (Fsp3) is 0.250. The van der Waals surface area contributed by atoms with E-state index in [0.717, 1.165) is 28.5 Å². The van der Waals surface area contributed by atoms with Gasteiger partial charge >= 0.3 is 11.4 Å². The van der Waals surface area contributed by atoms with E-state index in [2.05, 4.69) is 19.9 Å². The van der Waals surface area contributed by atoms with Crippen molar-refractivity contribution in [2.45, 2.75) is 6.54 Å². The molecular weight excluding hydrogens is 260 g/mol. The fourth-order valence-electron chi connectivity index (χ4n) is 1.31. The molecular formula is C8H8N6O3S. The normalized spacial score (nSPS) is 10.3. The van der Waals surface area contributed by atoms with Crippen molar-refractivity contribution in [1.29, 1.82) is 0 Å². The van der Waals surface area contributed by atoms with Crippen molar-refractivity contribution in [2.24, 2.45) is 0 Å². The predicted molar refractivity (Wildman–Crippen MR) is 63.7 cm³/mol. The first-order valence-electron chi connectivity index (χ1n) is 4.81. The van der Waals surface area contributed by atoms with E-state index in [0.29, 0.717) is 10.7 Å². The summed E-state index contributed by atoms with van der Waals surface area (Å²) < 4.78 is 4.86. The van der Waals surface area contributed by atoms with Crippen LogP contribution in [0.25, 0.3) is 0 Å². The Balaban J connectivity index is 2.37. The number of nitrogens with zero attached hydrogens (tertiary/aromatic N) is 5. The number of rotatable bonds is 4. The Morgan fingerprint density at radius 1 is 1.61 bits per heavy atom. The average molecular weight is 268 g/mol. The first-order chi connectivity index (χ1) is 8.61. The Morgan fingerprint density at radius 2 is 2.39 bits per heavy atom. The average Bonchev–Trinajstić information content (AvgIpc) is 2.79. The zero-order valence-corrected chi connectivity index (χ0v) is 10.0. The first-order valence-corrected chi connectivity index (χ1v) is 5.59. The van der Waals surface area contributed by atoms with E-state index in [1.165, 1.54) is 0 Å². The maximum absolute atomic E-state index is 11.5. The van der Waals surface area contributed by atoms with Gasteiger partial charge in [-0.15, -0.1) is 5.10 Å². The third-order valence-electron chi connectivity index (χ3n) is 2.15. The van der Waals surface area contributed by atoms with Gasteiger partial charge in [-0.05, 0) is 0 Å². The van der Waals surface area contributed by atoms with Crippen molar-refractivity contribution in [1.82, 2.24) is 19.1 Å². The summed E-state index contributed by atoms with van der Waals surface area (Å²) in [6.07, 6.45) is 2.06. The number of hydrogen-bond acceptors (Lipinski definition) is 8. The number of hydrogen-bond donors (Lipinski definition) is 1. The molecule has 2 heterocycles. The van der Waals surface area contributed by atoms with E-state index in [1.54, 1.807) is 7.05 Å². The minimum atomic E-state index is -0.610. The lowest BCUT2D eigenvalue weighted by molar-refractivity contribution is -0.385. The van der Waals surface area contributed by atoms with Crippen molar-refractivity contribution < 1.29 is 4.92 Å². The van der Waals surface area contributed by atoms with E-state index < -0.39 is 10.6 Å². The van der Waals surface area contributed by atoms with Crippen molar-refractivity contribution in [3.8, 4) is 0 Å². The summed E-state index contributed by atoms with van der Waals surface area (Å²) in [5.74, 6) is 0. The quantitative estimate of drug-likeness (QED) is 0.617. The van der Waals surface area contributed by atoms with Gasteiger partial charge in [-0.2, -0.15) is 4.98 Å². The summed E-state index contributed by atoms with van der Waals surface area (Å²) in [6.45, 7) is 0.0835. The van der Waals surface area contributed by atoms with E-state index in [4.69, 9.17) is 0 Å². The summed E-state index contributed by atoms with van der Waals surface area (Å²) >= 11 is 1.14. The summed E-state index contributed by atoms with van der Waals surface area (Å²) in [4.78, 5) is 24.9. The Labute approximate surface area is 104 Å². The molecule has 0 fully saturated rings. The van der Waals surface area contributed by atoms with E-state index >= 15 is 0 Å². The van der Waals surface area contributed by atoms with Crippen molar-refractivity contribution in [3.63, 3.8) is 0 Å². The van der Waals surface area contributed by atoms with E-state index in [9.17, 15) is 14.9 Å². The Bertz CT molecular complexity index is 636. The monoisotopic (exact) mass is 268 g/mol. The lowest BCUT2D eigenvalue weighted by Gasteiger charge is -2.03.